The van der Waals surface area contributed by atoms with E-state index in [9.17, 15) is 0 Å². The van der Waals surface area contributed by atoms with Gasteiger partial charge in [0.25, 0.3) is 0 Å². The van der Waals surface area contributed by atoms with Crippen LogP contribution in [0.15, 0.2) is 28.7 Å². The number of aryl methyl sites for hydroxylation is 1. The predicted molar refractivity (Wildman–Crippen MR) is 77.5 cm³/mol. The Morgan fingerprint density at radius 1 is 1.24 bits per heavy atom. The number of aromatic nitrogens is 2. The van der Waals surface area contributed by atoms with E-state index in [1.54, 1.807) is 0 Å². The Bertz CT molecular complexity index is 550. The fourth-order valence-corrected chi connectivity index (χ4v) is 2.82. The number of nitrogens with two attached hydrogens (primary N) is 1. The molecule has 3 rings (SSSR count). The number of halogens is 2. The quantitative estimate of drug-likeness (QED) is 0.801. The second kappa shape index (κ2) is 7.78. The molecule has 0 spiro atoms. The minimum Gasteiger partial charge on any atom is -1.00 e. The van der Waals surface area contributed by atoms with Crippen molar-refractivity contribution in [2.75, 3.05) is 6.54 Å². The van der Waals surface area contributed by atoms with E-state index in [2.05, 4.69) is 15.5 Å². The van der Waals surface area contributed by atoms with E-state index >= 15 is 0 Å². The summed E-state index contributed by atoms with van der Waals surface area (Å²) < 4.78 is 5.70. The predicted octanol–water partition coefficient (Wildman–Crippen LogP) is -0.557. The molecular formula is C15H19Cl2N3O. The monoisotopic (exact) mass is 327 g/mol. The van der Waals surface area contributed by atoms with Crippen molar-refractivity contribution in [2.45, 2.75) is 38.1 Å². The molecule has 1 aromatic heterocycles. The van der Waals surface area contributed by atoms with Crippen LogP contribution in [0.2, 0.25) is 5.02 Å². The van der Waals surface area contributed by atoms with Gasteiger partial charge in [-0.05, 0) is 37.1 Å². The van der Waals surface area contributed by atoms with Crippen molar-refractivity contribution in [3.8, 4) is 11.5 Å². The standard InChI is InChI=1S/C15H18ClN3O.ClH/c16-12-8-6-11(7-9-12)15-19-18-14(20-15)5-1-3-13-4-2-10-17-13;/h6-9,13,17H,1-5,10H2;1H. The molecular weight excluding hydrogens is 309 g/mol. The SMILES string of the molecule is Clc1ccc(-c2nnc(CCCC3CCC[NH2+]3)o2)cc1.[Cl-]. The third-order valence-corrected chi connectivity index (χ3v) is 4.05. The van der Waals surface area contributed by atoms with Crippen LogP contribution >= 0.6 is 11.6 Å². The summed E-state index contributed by atoms with van der Waals surface area (Å²) in [5, 5.41) is 11.4. The summed E-state index contributed by atoms with van der Waals surface area (Å²) in [7, 11) is 0. The largest absolute Gasteiger partial charge is 1.00 e. The van der Waals surface area contributed by atoms with Gasteiger partial charge in [0.15, 0.2) is 0 Å². The first-order valence-corrected chi connectivity index (χ1v) is 7.61. The van der Waals surface area contributed by atoms with Crippen LogP contribution in [0.3, 0.4) is 0 Å². The second-order valence-electron chi connectivity index (χ2n) is 5.33. The van der Waals surface area contributed by atoms with Crippen LogP contribution in [-0.4, -0.2) is 22.8 Å². The van der Waals surface area contributed by atoms with E-state index in [4.69, 9.17) is 16.0 Å². The van der Waals surface area contributed by atoms with Crippen LogP contribution in [0.5, 0.6) is 0 Å². The zero-order valence-electron chi connectivity index (χ0n) is 11.8. The van der Waals surface area contributed by atoms with Gasteiger partial charge in [0.2, 0.25) is 11.8 Å². The minimum absolute atomic E-state index is 0. The van der Waals surface area contributed by atoms with Gasteiger partial charge >= 0.3 is 0 Å². The second-order valence-corrected chi connectivity index (χ2v) is 5.76. The van der Waals surface area contributed by atoms with Crippen LogP contribution in [0, 0.1) is 0 Å². The molecule has 114 valence electrons. The van der Waals surface area contributed by atoms with E-state index in [1.165, 1.54) is 25.8 Å². The number of quaternary nitrogens is 1. The molecule has 2 N–H and O–H groups in total. The number of benzene rings is 1. The Morgan fingerprint density at radius 2 is 2.05 bits per heavy atom. The highest BCUT2D eigenvalue weighted by Gasteiger charge is 2.18. The van der Waals surface area contributed by atoms with Crippen molar-refractivity contribution in [1.29, 1.82) is 0 Å². The summed E-state index contributed by atoms with van der Waals surface area (Å²) in [5.74, 6) is 1.30. The average molecular weight is 328 g/mol. The number of nitrogens with zero attached hydrogens (tertiary/aromatic N) is 2. The lowest BCUT2D eigenvalue weighted by Gasteiger charge is -2.04. The van der Waals surface area contributed by atoms with Crippen molar-refractivity contribution in [3.05, 3.63) is 35.2 Å². The van der Waals surface area contributed by atoms with E-state index in [0.717, 1.165) is 30.3 Å². The molecule has 1 aliphatic heterocycles. The summed E-state index contributed by atoms with van der Waals surface area (Å²) in [4.78, 5) is 0. The summed E-state index contributed by atoms with van der Waals surface area (Å²) in [5.41, 5.74) is 0.914. The van der Waals surface area contributed by atoms with Crippen LogP contribution in [0.1, 0.15) is 31.6 Å². The molecule has 0 amide bonds. The lowest BCUT2D eigenvalue weighted by molar-refractivity contribution is -0.670. The van der Waals surface area contributed by atoms with E-state index < -0.39 is 0 Å². The summed E-state index contributed by atoms with van der Waals surface area (Å²) in [6.45, 7) is 1.28. The molecule has 1 atom stereocenters. The zero-order chi connectivity index (χ0) is 13.8. The van der Waals surface area contributed by atoms with E-state index in [0.29, 0.717) is 10.9 Å². The van der Waals surface area contributed by atoms with Gasteiger partial charge in [-0.2, -0.15) is 0 Å². The topological polar surface area (TPSA) is 55.5 Å². The molecule has 1 aromatic carbocycles. The minimum atomic E-state index is 0. The van der Waals surface area contributed by atoms with Crippen molar-refractivity contribution in [2.24, 2.45) is 0 Å². The summed E-state index contributed by atoms with van der Waals surface area (Å²) >= 11 is 5.87. The third kappa shape index (κ3) is 4.43. The Labute approximate surface area is 135 Å². The van der Waals surface area contributed by atoms with Crippen LogP contribution in [-0.2, 0) is 6.42 Å². The average Bonchev–Trinajstić information content (AvgIpc) is 3.11. The van der Waals surface area contributed by atoms with Gasteiger partial charge in [-0.1, -0.05) is 11.6 Å². The van der Waals surface area contributed by atoms with Gasteiger partial charge in [0, 0.05) is 29.8 Å². The third-order valence-electron chi connectivity index (χ3n) is 3.80. The normalized spacial score (nSPS) is 17.7. The van der Waals surface area contributed by atoms with Gasteiger partial charge in [-0.25, -0.2) is 0 Å². The highest BCUT2D eigenvalue weighted by molar-refractivity contribution is 6.30. The molecule has 1 saturated heterocycles. The molecule has 1 unspecified atom stereocenters. The molecule has 4 nitrogen and oxygen atoms in total. The Balaban J connectivity index is 0.00000161. The van der Waals surface area contributed by atoms with Gasteiger partial charge < -0.3 is 22.1 Å². The first-order valence-electron chi connectivity index (χ1n) is 7.23. The molecule has 1 aliphatic rings. The van der Waals surface area contributed by atoms with Crippen LogP contribution in [0.25, 0.3) is 11.5 Å². The Kier molecular flexibility index (Phi) is 6.03. The lowest BCUT2D eigenvalue weighted by Crippen LogP contribution is -3.00. The molecule has 21 heavy (non-hydrogen) atoms. The first kappa shape index (κ1) is 16.3. The van der Waals surface area contributed by atoms with Gasteiger partial charge in [0.1, 0.15) is 0 Å². The van der Waals surface area contributed by atoms with E-state index in [-0.39, 0.29) is 12.4 Å². The van der Waals surface area contributed by atoms with Crippen molar-refractivity contribution < 1.29 is 22.1 Å². The van der Waals surface area contributed by atoms with Crippen molar-refractivity contribution in [1.82, 2.24) is 10.2 Å². The summed E-state index contributed by atoms with van der Waals surface area (Å²) in [6.07, 6.45) is 5.92. The maximum Gasteiger partial charge on any atom is 0.247 e. The highest BCUT2D eigenvalue weighted by atomic mass is 35.5. The van der Waals surface area contributed by atoms with Crippen LogP contribution in [0.4, 0.5) is 0 Å². The van der Waals surface area contributed by atoms with E-state index in [1.807, 2.05) is 24.3 Å². The molecule has 0 saturated carbocycles. The number of hydrogen-bond donors (Lipinski definition) is 1. The van der Waals surface area contributed by atoms with Gasteiger partial charge in [0.05, 0.1) is 12.6 Å². The highest BCUT2D eigenvalue weighted by Crippen LogP contribution is 2.20. The Hall–Kier alpha value is -1.10. The first-order chi connectivity index (χ1) is 9.81. The smallest absolute Gasteiger partial charge is 0.247 e. The van der Waals surface area contributed by atoms with Gasteiger partial charge in [-0.3, -0.25) is 0 Å². The molecule has 0 radical (unpaired) electrons. The maximum atomic E-state index is 5.87. The van der Waals surface area contributed by atoms with Crippen molar-refractivity contribution in [3.63, 3.8) is 0 Å². The number of rotatable bonds is 5. The molecule has 0 bridgehead atoms. The molecule has 0 aliphatic carbocycles. The van der Waals surface area contributed by atoms with Crippen LogP contribution < -0.4 is 17.7 Å². The van der Waals surface area contributed by atoms with Crippen molar-refractivity contribution >= 4 is 11.6 Å². The fraction of sp³-hybridized carbons (Fsp3) is 0.467. The lowest BCUT2D eigenvalue weighted by atomic mass is 10.1. The van der Waals surface area contributed by atoms with Gasteiger partial charge in [-0.15, -0.1) is 10.2 Å². The Morgan fingerprint density at radius 3 is 2.76 bits per heavy atom. The molecule has 1 fully saturated rings. The maximum absolute atomic E-state index is 5.87. The molecule has 2 heterocycles. The molecule has 2 aromatic rings. The number of hydrogen-bond acceptors (Lipinski definition) is 3. The summed E-state index contributed by atoms with van der Waals surface area (Å²) in [6, 6.07) is 8.25. The zero-order valence-corrected chi connectivity index (χ0v) is 13.3. The molecule has 6 heteroatoms. The fourth-order valence-electron chi connectivity index (χ4n) is 2.69.